The smallest absolute Gasteiger partial charge is 0.378 e. The summed E-state index contributed by atoms with van der Waals surface area (Å²) in [6, 6.07) is 11.8. The fourth-order valence-corrected chi connectivity index (χ4v) is 4.37. The minimum absolute atomic E-state index is 0.612. The lowest BCUT2D eigenvalue weighted by Gasteiger charge is -2.47. The highest BCUT2D eigenvalue weighted by Crippen LogP contribution is 2.51. The van der Waals surface area contributed by atoms with E-state index in [1.54, 1.807) is 0 Å². The predicted molar refractivity (Wildman–Crippen MR) is 111 cm³/mol. The minimum Gasteiger partial charge on any atom is -0.378 e. The SMILES string of the molecule is C=C(C)c1ccc(C2(OC(C)(C)C(C)(O)C(F)(F)F)CCCC2)c2ccccc12. The van der Waals surface area contributed by atoms with Gasteiger partial charge in [0.2, 0.25) is 0 Å². The molecule has 0 spiro atoms. The first-order valence-corrected chi connectivity index (χ1v) is 10.00. The van der Waals surface area contributed by atoms with Gasteiger partial charge in [-0.05, 0) is 62.4 Å². The van der Waals surface area contributed by atoms with E-state index in [-0.39, 0.29) is 0 Å². The van der Waals surface area contributed by atoms with E-state index in [9.17, 15) is 18.3 Å². The van der Waals surface area contributed by atoms with E-state index in [4.69, 9.17) is 4.74 Å². The number of ether oxygens (including phenoxy) is 1. The van der Waals surface area contributed by atoms with Crippen LogP contribution in [0.1, 0.15) is 64.5 Å². The molecule has 3 rings (SSSR count). The number of hydrogen-bond acceptors (Lipinski definition) is 2. The molecular weight excluding hydrogens is 377 g/mol. The summed E-state index contributed by atoms with van der Waals surface area (Å²) in [5.74, 6) is 0. The molecule has 0 aromatic heterocycles. The van der Waals surface area contributed by atoms with Gasteiger partial charge in [-0.25, -0.2) is 0 Å². The molecule has 29 heavy (non-hydrogen) atoms. The Bertz CT molecular complexity index is 919. The number of benzene rings is 2. The zero-order valence-corrected chi connectivity index (χ0v) is 17.5. The first kappa shape index (κ1) is 21.8. The number of halogens is 3. The van der Waals surface area contributed by atoms with Crippen LogP contribution in [-0.4, -0.2) is 22.5 Å². The van der Waals surface area contributed by atoms with Crippen molar-refractivity contribution in [2.75, 3.05) is 0 Å². The third-order valence-electron chi connectivity index (χ3n) is 6.46. The maximum Gasteiger partial charge on any atom is 0.419 e. The van der Waals surface area contributed by atoms with Crippen molar-refractivity contribution in [1.82, 2.24) is 0 Å². The Morgan fingerprint density at radius 2 is 1.55 bits per heavy atom. The van der Waals surface area contributed by atoms with Crippen LogP contribution in [0.25, 0.3) is 16.3 Å². The van der Waals surface area contributed by atoms with Gasteiger partial charge >= 0.3 is 6.18 Å². The van der Waals surface area contributed by atoms with E-state index in [2.05, 4.69) is 6.58 Å². The van der Waals surface area contributed by atoms with Crippen molar-refractivity contribution in [2.24, 2.45) is 0 Å². The summed E-state index contributed by atoms with van der Waals surface area (Å²) in [5.41, 5.74) is -2.88. The number of allylic oxidation sites excluding steroid dienone is 1. The van der Waals surface area contributed by atoms with Crippen molar-refractivity contribution in [1.29, 1.82) is 0 Å². The molecule has 0 heterocycles. The average molecular weight is 406 g/mol. The molecule has 1 unspecified atom stereocenters. The highest BCUT2D eigenvalue weighted by Gasteiger charge is 2.62. The van der Waals surface area contributed by atoms with Gasteiger partial charge in [0.25, 0.3) is 0 Å². The van der Waals surface area contributed by atoms with Gasteiger partial charge in [0, 0.05) is 0 Å². The first-order valence-electron chi connectivity index (χ1n) is 10.00. The molecule has 0 radical (unpaired) electrons. The largest absolute Gasteiger partial charge is 0.419 e. The summed E-state index contributed by atoms with van der Waals surface area (Å²) in [6.07, 6.45) is -1.86. The number of rotatable bonds is 5. The Morgan fingerprint density at radius 1 is 1.00 bits per heavy atom. The fraction of sp³-hybridized carbons (Fsp3) is 0.500. The third-order valence-corrected chi connectivity index (χ3v) is 6.46. The second kappa shape index (κ2) is 7.13. The molecule has 1 aliphatic rings. The Hall–Kier alpha value is -1.85. The van der Waals surface area contributed by atoms with Crippen molar-refractivity contribution in [3.05, 3.63) is 54.1 Å². The predicted octanol–water partition coefficient (Wildman–Crippen LogP) is 6.75. The monoisotopic (exact) mass is 406 g/mol. The van der Waals surface area contributed by atoms with E-state index in [0.717, 1.165) is 47.2 Å². The van der Waals surface area contributed by atoms with E-state index in [1.165, 1.54) is 13.8 Å². The lowest BCUT2D eigenvalue weighted by molar-refractivity contribution is -0.330. The number of alkyl halides is 3. The van der Waals surface area contributed by atoms with E-state index >= 15 is 0 Å². The van der Waals surface area contributed by atoms with Crippen LogP contribution in [0.5, 0.6) is 0 Å². The van der Waals surface area contributed by atoms with Gasteiger partial charge in [-0.1, -0.05) is 61.4 Å². The van der Waals surface area contributed by atoms with Gasteiger partial charge < -0.3 is 9.84 Å². The highest BCUT2D eigenvalue weighted by atomic mass is 19.4. The summed E-state index contributed by atoms with van der Waals surface area (Å²) >= 11 is 0. The van der Waals surface area contributed by atoms with Gasteiger partial charge in [-0.3, -0.25) is 0 Å². The maximum absolute atomic E-state index is 13.6. The van der Waals surface area contributed by atoms with Gasteiger partial charge in [0.05, 0.1) is 5.60 Å². The van der Waals surface area contributed by atoms with Crippen LogP contribution in [0.4, 0.5) is 13.2 Å². The summed E-state index contributed by atoms with van der Waals surface area (Å²) in [6.45, 7) is 9.43. The van der Waals surface area contributed by atoms with Gasteiger partial charge in [-0.2, -0.15) is 13.2 Å². The quantitative estimate of drug-likeness (QED) is 0.595. The zero-order valence-electron chi connectivity index (χ0n) is 17.5. The Balaban J connectivity index is 2.17. The van der Waals surface area contributed by atoms with Crippen LogP contribution in [0.2, 0.25) is 0 Å². The lowest BCUT2D eigenvalue weighted by atomic mass is 9.82. The first-order chi connectivity index (χ1) is 13.3. The third kappa shape index (κ3) is 3.59. The molecule has 1 atom stereocenters. The van der Waals surface area contributed by atoms with Crippen LogP contribution in [0.3, 0.4) is 0 Å². The molecule has 1 aliphatic carbocycles. The topological polar surface area (TPSA) is 29.5 Å². The van der Waals surface area contributed by atoms with Crippen LogP contribution in [0, 0.1) is 0 Å². The Kier molecular flexibility index (Phi) is 5.38. The molecule has 2 aromatic carbocycles. The van der Waals surface area contributed by atoms with Crippen molar-refractivity contribution in [3.63, 3.8) is 0 Å². The summed E-state index contributed by atoms with van der Waals surface area (Å²) < 4.78 is 47.0. The average Bonchev–Trinajstić information content (AvgIpc) is 3.08. The van der Waals surface area contributed by atoms with Gasteiger partial charge in [0.15, 0.2) is 5.60 Å². The summed E-state index contributed by atoms with van der Waals surface area (Å²) in [4.78, 5) is 0. The number of fused-ring (bicyclic) bond motifs is 1. The Morgan fingerprint density at radius 3 is 2.07 bits per heavy atom. The number of hydrogen-bond donors (Lipinski definition) is 1. The molecule has 0 amide bonds. The van der Waals surface area contributed by atoms with E-state index < -0.39 is 23.0 Å². The fourth-order valence-electron chi connectivity index (χ4n) is 4.37. The summed E-state index contributed by atoms with van der Waals surface area (Å²) in [5, 5.41) is 12.3. The van der Waals surface area contributed by atoms with Crippen molar-refractivity contribution in [2.45, 2.75) is 76.4 Å². The van der Waals surface area contributed by atoms with Gasteiger partial charge in [0.1, 0.15) is 5.60 Å². The minimum atomic E-state index is -4.80. The molecule has 2 nitrogen and oxygen atoms in total. The molecule has 1 saturated carbocycles. The maximum atomic E-state index is 13.6. The normalized spacial score (nSPS) is 19.3. The van der Waals surface area contributed by atoms with E-state index in [1.807, 2.05) is 43.3 Å². The van der Waals surface area contributed by atoms with Crippen LogP contribution >= 0.6 is 0 Å². The van der Waals surface area contributed by atoms with Crippen LogP contribution in [-0.2, 0) is 10.3 Å². The summed E-state index contributed by atoms with van der Waals surface area (Å²) in [7, 11) is 0. The molecule has 1 N–H and O–H groups in total. The molecule has 2 aromatic rings. The zero-order chi connectivity index (χ0) is 21.7. The second-order valence-electron chi connectivity index (χ2n) is 8.87. The van der Waals surface area contributed by atoms with Crippen molar-refractivity contribution >= 4 is 16.3 Å². The molecular formula is C24H29F3O2. The van der Waals surface area contributed by atoms with Gasteiger partial charge in [-0.15, -0.1) is 0 Å². The van der Waals surface area contributed by atoms with Crippen LogP contribution in [0.15, 0.2) is 43.0 Å². The molecule has 0 aliphatic heterocycles. The van der Waals surface area contributed by atoms with Crippen molar-refractivity contribution in [3.8, 4) is 0 Å². The van der Waals surface area contributed by atoms with E-state index in [0.29, 0.717) is 12.8 Å². The molecule has 0 bridgehead atoms. The highest BCUT2D eigenvalue weighted by molar-refractivity contribution is 5.95. The van der Waals surface area contributed by atoms with Crippen molar-refractivity contribution < 1.29 is 23.0 Å². The molecule has 158 valence electrons. The number of aliphatic hydroxyl groups is 1. The lowest BCUT2D eigenvalue weighted by Crippen LogP contribution is -2.61. The van der Waals surface area contributed by atoms with Crippen LogP contribution < -0.4 is 0 Å². The standard InChI is InChI=1S/C24H29F3O2/c1-16(2)17-12-13-20(19-11-7-6-10-18(17)19)23(14-8-9-15-23)29-21(3,4)22(5,28)24(25,26)27/h6-7,10-13,28H,1,8-9,14-15H2,2-5H3. The molecule has 5 heteroatoms. The second-order valence-corrected chi connectivity index (χ2v) is 8.87. The molecule has 1 fully saturated rings. The molecule has 0 saturated heterocycles. The Labute approximate surface area is 170 Å².